The van der Waals surface area contributed by atoms with E-state index >= 15 is 0 Å². The zero-order chi connectivity index (χ0) is 20.8. The molecule has 0 aliphatic rings. The summed E-state index contributed by atoms with van der Waals surface area (Å²) in [5, 5.41) is 0.0351. The van der Waals surface area contributed by atoms with Crippen molar-refractivity contribution in [3.63, 3.8) is 0 Å². The third-order valence-electron chi connectivity index (χ3n) is 5.85. The van der Waals surface area contributed by atoms with Gasteiger partial charge in [0, 0.05) is 11.5 Å². The van der Waals surface area contributed by atoms with Gasteiger partial charge in [-0.15, -0.1) is 6.58 Å². The molecule has 0 unspecified atom stereocenters. The second-order valence-corrected chi connectivity index (χ2v) is 13.7. The molecule has 2 aromatic carbocycles. The SMILES string of the molecule is C=C[C@H](CCc1ccccc1)[C@@H](O[Si](C)(C)C(C)(C)C)C(=O)c1ccccc1. The standard InChI is InChI=1S/C25H34O2Si/c1-7-21(19-18-20-14-10-8-11-15-20)24(27-28(5,6)25(2,3)4)23(26)22-16-12-9-13-17-22/h7-17,21,24H,1,18-19H2,2-6H3/t21-,24-/m1/s1. The van der Waals surface area contributed by atoms with Crippen LogP contribution in [0, 0.1) is 5.92 Å². The minimum absolute atomic E-state index is 0.0259. The van der Waals surface area contributed by atoms with Crippen molar-refractivity contribution in [2.45, 2.75) is 57.8 Å². The Bertz CT molecular complexity index is 760. The minimum atomic E-state index is -2.12. The molecule has 2 rings (SSSR count). The molecule has 0 aliphatic carbocycles. The lowest BCUT2D eigenvalue weighted by molar-refractivity contribution is 0.0678. The maximum absolute atomic E-state index is 13.4. The fourth-order valence-corrected chi connectivity index (χ4v) is 4.24. The van der Waals surface area contributed by atoms with E-state index in [4.69, 9.17) is 4.43 Å². The van der Waals surface area contributed by atoms with E-state index in [0.29, 0.717) is 5.56 Å². The van der Waals surface area contributed by atoms with Crippen molar-refractivity contribution in [2.75, 3.05) is 0 Å². The monoisotopic (exact) mass is 394 g/mol. The van der Waals surface area contributed by atoms with Gasteiger partial charge in [-0.2, -0.15) is 0 Å². The van der Waals surface area contributed by atoms with Crippen LogP contribution in [0.1, 0.15) is 43.1 Å². The van der Waals surface area contributed by atoms with Crippen molar-refractivity contribution in [2.24, 2.45) is 5.92 Å². The number of rotatable bonds is 9. The molecular formula is C25H34O2Si. The first-order valence-electron chi connectivity index (χ1n) is 10.1. The third kappa shape index (κ3) is 5.76. The Morgan fingerprint density at radius 3 is 2.07 bits per heavy atom. The lowest BCUT2D eigenvalue weighted by Crippen LogP contribution is -2.48. The van der Waals surface area contributed by atoms with Crippen molar-refractivity contribution >= 4 is 14.1 Å². The van der Waals surface area contributed by atoms with E-state index in [0.717, 1.165) is 12.8 Å². The fraction of sp³-hybridized carbons (Fsp3) is 0.400. The van der Waals surface area contributed by atoms with Crippen LogP contribution in [0.25, 0.3) is 0 Å². The summed E-state index contributed by atoms with van der Waals surface area (Å²) in [4.78, 5) is 13.4. The lowest BCUT2D eigenvalue weighted by Gasteiger charge is -2.40. The molecule has 0 saturated heterocycles. The normalized spacial score (nSPS) is 14.3. The Morgan fingerprint density at radius 1 is 1.04 bits per heavy atom. The number of carbonyl (C=O) groups excluding carboxylic acids is 1. The van der Waals surface area contributed by atoms with Crippen LogP contribution >= 0.6 is 0 Å². The molecule has 0 N–H and O–H groups in total. The van der Waals surface area contributed by atoms with Gasteiger partial charge in [0.25, 0.3) is 0 Å². The molecule has 0 spiro atoms. The molecule has 0 fully saturated rings. The molecule has 2 atom stereocenters. The summed E-state index contributed by atoms with van der Waals surface area (Å²) in [5.41, 5.74) is 1.98. The molecule has 150 valence electrons. The van der Waals surface area contributed by atoms with E-state index in [-0.39, 0.29) is 16.7 Å². The largest absolute Gasteiger partial charge is 0.406 e. The molecule has 3 heteroatoms. The van der Waals surface area contributed by atoms with E-state index in [2.05, 4.69) is 64.7 Å². The van der Waals surface area contributed by atoms with Crippen LogP contribution < -0.4 is 0 Å². The summed E-state index contributed by atoms with van der Waals surface area (Å²) in [5.74, 6) is 0.0328. The van der Waals surface area contributed by atoms with Crippen LogP contribution in [0.5, 0.6) is 0 Å². The molecule has 2 aromatic rings. The Kier molecular flexibility index (Phi) is 7.56. The zero-order valence-electron chi connectivity index (χ0n) is 17.9. The van der Waals surface area contributed by atoms with Gasteiger partial charge in [0.15, 0.2) is 14.1 Å². The van der Waals surface area contributed by atoms with Crippen LogP contribution in [-0.4, -0.2) is 20.2 Å². The highest BCUT2D eigenvalue weighted by Crippen LogP contribution is 2.39. The number of benzene rings is 2. The van der Waals surface area contributed by atoms with Gasteiger partial charge in [-0.05, 0) is 36.5 Å². The lowest BCUT2D eigenvalue weighted by atomic mass is 9.90. The first kappa shape index (κ1) is 22.3. The smallest absolute Gasteiger partial charge is 0.193 e. The van der Waals surface area contributed by atoms with Gasteiger partial charge < -0.3 is 4.43 Å². The molecule has 0 saturated carbocycles. The molecule has 28 heavy (non-hydrogen) atoms. The Labute approximate surface area is 171 Å². The second-order valence-electron chi connectivity index (χ2n) is 8.95. The molecule has 0 radical (unpaired) electrons. The quantitative estimate of drug-likeness (QED) is 0.269. The molecule has 0 bridgehead atoms. The predicted octanol–water partition coefficient (Wildman–Crippen LogP) is 6.69. The average molecular weight is 395 g/mol. The van der Waals surface area contributed by atoms with Crippen LogP contribution in [0.2, 0.25) is 18.1 Å². The van der Waals surface area contributed by atoms with Gasteiger partial charge in [0.1, 0.15) is 6.10 Å². The molecular weight excluding hydrogens is 360 g/mol. The number of aryl methyl sites for hydroxylation is 1. The summed E-state index contributed by atoms with van der Waals surface area (Å²) < 4.78 is 6.68. The van der Waals surface area contributed by atoms with Crippen LogP contribution in [0.15, 0.2) is 73.3 Å². The highest BCUT2D eigenvalue weighted by Gasteiger charge is 2.42. The van der Waals surface area contributed by atoms with E-state index in [1.165, 1.54) is 5.56 Å². The maximum atomic E-state index is 13.4. The van der Waals surface area contributed by atoms with Crippen molar-refractivity contribution in [3.8, 4) is 0 Å². The Balaban J connectivity index is 2.29. The molecule has 0 heterocycles. The van der Waals surface area contributed by atoms with Crippen LogP contribution in [-0.2, 0) is 10.8 Å². The van der Waals surface area contributed by atoms with Gasteiger partial charge in [0.05, 0.1) is 0 Å². The summed E-state index contributed by atoms with van der Waals surface area (Å²) in [6, 6.07) is 19.9. The predicted molar refractivity (Wildman–Crippen MR) is 121 cm³/mol. The molecule has 2 nitrogen and oxygen atoms in total. The summed E-state index contributed by atoms with van der Waals surface area (Å²) in [6.45, 7) is 15.1. The summed E-state index contributed by atoms with van der Waals surface area (Å²) >= 11 is 0. The topological polar surface area (TPSA) is 26.3 Å². The Hall–Kier alpha value is -1.97. The van der Waals surface area contributed by atoms with Gasteiger partial charge >= 0.3 is 0 Å². The van der Waals surface area contributed by atoms with Gasteiger partial charge in [0.2, 0.25) is 0 Å². The number of carbonyl (C=O) groups is 1. The molecule has 0 amide bonds. The Morgan fingerprint density at radius 2 is 1.57 bits per heavy atom. The fourth-order valence-electron chi connectivity index (χ4n) is 2.97. The average Bonchev–Trinajstić information content (AvgIpc) is 2.67. The highest BCUT2D eigenvalue weighted by atomic mass is 28.4. The van der Waals surface area contributed by atoms with Crippen molar-refractivity contribution in [1.29, 1.82) is 0 Å². The van der Waals surface area contributed by atoms with E-state index in [1.54, 1.807) is 0 Å². The maximum Gasteiger partial charge on any atom is 0.193 e. The third-order valence-corrected chi connectivity index (χ3v) is 10.3. The summed E-state index contributed by atoms with van der Waals surface area (Å²) in [7, 11) is -2.12. The highest BCUT2D eigenvalue weighted by molar-refractivity contribution is 6.74. The van der Waals surface area contributed by atoms with Crippen molar-refractivity contribution < 1.29 is 9.22 Å². The van der Waals surface area contributed by atoms with E-state index in [1.807, 2.05) is 42.5 Å². The molecule has 0 aromatic heterocycles. The zero-order valence-corrected chi connectivity index (χ0v) is 18.9. The second kappa shape index (κ2) is 9.49. The van der Waals surface area contributed by atoms with Crippen LogP contribution in [0.4, 0.5) is 0 Å². The number of hydrogen-bond donors (Lipinski definition) is 0. The van der Waals surface area contributed by atoms with Gasteiger partial charge in [-0.3, -0.25) is 4.79 Å². The first-order chi connectivity index (χ1) is 13.2. The van der Waals surface area contributed by atoms with Crippen molar-refractivity contribution in [3.05, 3.63) is 84.4 Å². The van der Waals surface area contributed by atoms with E-state index in [9.17, 15) is 4.79 Å². The number of ketones is 1. The summed E-state index contributed by atoms with van der Waals surface area (Å²) in [6.07, 6.45) is 3.15. The van der Waals surface area contributed by atoms with Crippen molar-refractivity contribution in [1.82, 2.24) is 0 Å². The number of Topliss-reactive ketones (excluding diaryl/α,β-unsaturated/α-hetero) is 1. The van der Waals surface area contributed by atoms with E-state index < -0.39 is 14.4 Å². The molecule has 0 aliphatic heterocycles. The number of hydrogen-bond acceptors (Lipinski definition) is 2. The van der Waals surface area contributed by atoms with Gasteiger partial charge in [-0.25, -0.2) is 0 Å². The minimum Gasteiger partial charge on any atom is -0.406 e. The first-order valence-corrected chi connectivity index (χ1v) is 13.0. The van der Waals surface area contributed by atoms with Gasteiger partial charge in [-0.1, -0.05) is 87.5 Å². The van der Waals surface area contributed by atoms with Crippen LogP contribution in [0.3, 0.4) is 0 Å².